The first-order valence-corrected chi connectivity index (χ1v) is 5.59. The van der Waals surface area contributed by atoms with Gasteiger partial charge >= 0.3 is 0 Å². The van der Waals surface area contributed by atoms with Crippen LogP contribution in [0.1, 0.15) is 24.6 Å². The molecule has 1 atom stereocenters. The first-order valence-electron chi connectivity index (χ1n) is 5.59. The van der Waals surface area contributed by atoms with Crippen molar-refractivity contribution in [1.82, 2.24) is 20.8 Å². The lowest BCUT2D eigenvalue weighted by atomic mass is 10.1. The number of aromatic amines is 1. The van der Waals surface area contributed by atoms with Crippen molar-refractivity contribution in [3.63, 3.8) is 0 Å². The molecule has 1 amide bonds. The normalized spacial score (nSPS) is 12.4. The lowest BCUT2D eigenvalue weighted by Gasteiger charge is -2.10. The number of hydrogen-bond donors (Lipinski definition) is 3. The summed E-state index contributed by atoms with van der Waals surface area (Å²) in [6.07, 6.45) is 3.71. The van der Waals surface area contributed by atoms with Crippen LogP contribution in [0.4, 0.5) is 0 Å². The minimum Gasteiger partial charge on any atom is -0.355 e. The summed E-state index contributed by atoms with van der Waals surface area (Å²) >= 11 is 0. The maximum absolute atomic E-state index is 11.4. The van der Waals surface area contributed by atoms with Gasteiger partial charge in [-0.25, -0.2) is 0 Å². The van der Waals surface area contributed by atoms with Crippen molar-refractivity contribution in [3.8, 4) is 0 Å². The van der Waals surface area contributed by atoms with E-state index in [-0.39, 0.29) is 11.9 Å². The molecule has 1 aromatic heterocycles. The van der Waals surface area contributed by atoms with E-state index in [2.05, 4.69) is 20.8 Å². The minimum atomic E-state index is -0.129. The Bertz CT molecular complexity index is 334. The van der Waals surface area contributed by atoms with Crippen molar-refractivity contribution in [1.29, 1.82) is 0 Å². The SMILES string of the molecule is CNC(C)C(=O)NCCCc1cn[nH]c1C. The van der Waals surface area contributed by atoms with Crippen molar-refractivity contribution in [2.45, 2.75) is 32.7 Å². The highest BCUT2D eigenvalue weighted by Crippen LogP contribution is 2.04. The second kappa shape index (κ2) is 6.27. The van der Waals surface area contributed by atoms with Crippen LogP contribution in [0.25, 0.3) is 0 Å². The van der Waals surface area contributed by atoms with E-state index in [1.807, 2.05) is 20.0 Å². The molecule has 1 heterocycles. The highest BCUT2D eigenvalue weighted by atomic mass is 16.2. The molecule has 0 aliphatic rings. The van der Waals surface area contributed by atoms with Crippen LogP contribution in [0.5, 0.6) is 0 Å². The van der Waals surface area contributed by atoms with Gasteiger partial charge in [-0.15, -0.1) is 0 Å². The number of aryl methyl sites for hydroxylation is 2. The van der Waals surface area contributed by atoms with Crippen LogP contribution < -0.4 is 10.6 Å². The third-order valence-corrected chi connectivity index (χ3v) is 2.68. The molecule has 1 rings (SSSR count). The molecule has 1 unspecified atom stereocenters. The van der Waals surface area contributed by atoms with Gasteiger partial charge in [0.25, 0.3) is 0 Å². The van der Waals surface area contributed by atoms with E-state index >= 15 is 0 Å². The van der Waals surface area contributed by atoms with E-state index < -0.39 is 0 Å². The Kier molecular flexibility index (Phi) is 4.98. The van der Waals surface area contributed by atoms with E-state index in [0.717, 1.165) is 18.5 Å². The Morgan fingerprint density at radius 1 is 1.62 bits per heavy atom. The van der Waals surface area contributed by atoms with E-state index in [1.54, 1.807) is 7.05 Å². The van der Waals surface area contributed by atoms with Crippen LogP contribution in [0, 0.1) is 6.92 Å². The zero-order valence-corrected chi connectivity index (χ0v) is 10.1. The number of likely N-dealkylation sites (N-methyl/N-ethyl adjacent to an activating group) is 1. The summed E-state index contributed by atoms with van der Waals surface area (Å²) in [5.74, 6) is 0.0476. The van der Waals surface area contributed by atoms with Crippen LogP contribution in [0.3, 0.4) is 0 Å². The number of nitrogens with one attached hydrogen (secondary N) is 3. The number of aromatic nitrogens is 2. The number of H-pyrrole nitrogens is 1. The number of amides is 1. The van der Waals surface area contributed by atoms with Crippen LogP contribution in [0.15, 0.2) is 6.20 Å². The molecule has 90 valence electrons. The molecule has 0 spiro atoms. The Balaban J connectivity index is 2.17. The Morgan fingerprint density at radius 3 is 2.94 bits per heavy atom. The Labute approximate surface area is 96.0 Å². The van der Waals surface area contributed by atoms with Gasteiger partial charge in [-0.2, -0.15) is 5.10 Å². The van der Waals surface area contributed by atoms with Crippen LogP contribution in [-0.2, 0) is 11.2 Å². The third kappa shape index (κ3) is 3.66. The fraction of sp³-hybridized carbons (Fsp3) is 0.636. The molecule has 16 heavy (non-hydrogen) atoms. The highest BCUT2D eigenvalue weighted by molar-refractivity contribution is 5.81. The molecule has 5 nitrogen and oxygen atoms in total. The maximum Gasteiger partial charge on any atom is 0.236 e. The summed E-state index contributed by atoms with van der Waals surface area (Å²) < 4.78 is 0. The molecule has 5 heteroatoms. The van der Waals surface area contributed by atoms with Gasteiger partial charge in [-0.3, -0.25) is 9.89 Å². The lowest BCUT2D eigenvalue weighted by molar-refractivity contribution is -0.122. The van der Waals surface area contributed by atoms with Gasteiger partial charge in [0.1, 0.15) is 0 Å². The topological polar surface area (TPSA) is 69.8 Å². The van der Waals surface area contributed by atoms with Gasteiger partial charge in [0.2, 0.25) is 5.91 Å². The van der Waals surface area contributed by atoms with E-state index in [9.17, 15) is 4.79 Å². The van der Waals surface area contributed by atoms with E-state index in [4.69, 9.17) is 0 Å². The zero-order chi connectivity index (χ0) is 12.0. The maximum atomic E-state index is 11.4. The number of carbonyl (C=O) groups is 1. The van der Waals surface area contributed by atoms with Crippen molar-refractivity contribution in [2.24, 2.45) is 0 Å². The molecular weight excluding hydrogens is 204 g/mol. The predicted molar refractivity (Wildman–Crippen MR) is 63.2 cm³/mol. The minimum absolute atomic E-state index is 0.0476. The first kappa shape index (κ1) is 12.7. The molecule has 3 N–H and O–H groups in total. The summed E-state index contributed by atoms with van der Waals surface area (Å²) in [6, 6.07) is -0.129. The summed E-state index contributed by atoms with van der Waals surface area (Å²) in [5, 5.41) is 12.6. The molecule has 0 saturated carbocycles. The fourth-order valence-corrected chi connectivity index (χ4v) is 1.40. The second-order valence-electron chi connectivity index (χ2n) is 3.93. The van der Waals surface area contributed by atoms with Gasteiger partial charge in [0.15, 0.2) is 0 Å². The first-order chi connectivity index (χ1) is 7.65. The van der Waals surface area contributed by atoms with Gasteiger partial charge in [0.05, 0.1) is 12.2 Å². The van der Waals surface area contributed by atoms with Crippen molar-refractivity contribution < 1.29 is 4.79 Å². The largest absolute Gasteiger partial charge is 0.355 e. The van der Waals surface area contributed by atoms with Crippen LogP contribution in [0.2, 0.25) is 0 Å². The predicted octanol–water partition coefficient (Wildman–Crippen LogP) is 0.375. The van der Waals surface area contributed by atoms with Crippen molar-refractivity contribution in [3.05, 3.63) is 17.5 Å². The molecule has 0 aliphatic carbocycles. The van der Waals surface area contributed by atoms with E-state index in [1.165, 1.54) is 5.56 Å². The average Bonchev–Trinajstić information content (AvgIpc) is 2.69. The molecule has 1 aromatic rings. The third-order valence-electron chi connectivity index (χ3n) is 2.68. The number of nitrogens with zero attached hydrogens (tertiary/aromatic N) is 1. The fourth-order valence-electron chi connectivity index (χ4n) is 1.40. The monoisotopic (exact) mass is 224 g/mol. The highest BCUT2D eigenvalue weighted by Gasteiger charge is 2.08. The smallest absolute Gasteiger partial charge is 0.236 e. The molecule has 0 aliphatic heterocycles. The summed E-state index contributed by atoms with van der Waals surface area (Å²) in [7, 11) is 1.78. The lowest BCUT2D eigenvalue weighted by Crippen LogP contribution is -2.40. The standard InChI is InChI=1S/C11H20N4O/c1-8-10(7-14-15-8)5-4-6-13-11(16)9(2)12-3/h7,9,12H,4-6H2,1-3H3,(H,13,16)(H,14,15). The van der Waals surface area contributed by atoms with Gasteiger partial charge < -0.3 is 10.6 Å². The van der Waals surface area contributed by atoms with Gasteiger partial charge in [-0.1, -0.05) is 0 Å². The number of carbonyl (C=O) groups excluding carboxylic acids is 1. The summed E-state index contributed by atoms with van der Waals surface area (Å²) in [5.41, 5.74) is 2.32. The van der Waals surface area contributed by atoms with Gasteiger partial charge in [-0.05, 0) is 39.3 Å². The molecule has 0 aromatic carbocycles. The summed E-state index contributed by atoms with van der Waals surface area (Å²) in [6.45, 7) is 4.55. The number of rotatable bonds is 6. The number of hydrogen-bond acceptors (Lipinski definition) is 3. The molecule has 0 radical (unpaired) electrons. The molecule has 0 bridgehead atoms. The molecular formula is C11H20N4O. The van der Waals surface area contributed by atoms with Gasteiger partial charge in [0, 0.05) is 12.2 Å². The van der Waals surface area contributed by atoms with Crippen molar-refractivity contribution in [2.75, 3.05) is 13.6 Å². The zero-order valence-electron chi connectivity index (χ0n) is 10.1. The Morgan fingerprint density at radius 2 is 2.38 bits per heavy atom. The van der Waals surface area contributed by atoms with Crippen LogP contribution in [-0.4, -0.2) is 35.7 Å². The average molecular weight is 224 g/mol. The summed E-state index contributed by atoms with van der Waals surface area (Å²) in [4.78, 5) is 11.4. The molecule has 0 fully saturated rings. The second-order valence-corrected chi connectivity index (χ2v) is 3.93. The molecule has 0 saturated heterocycles. The Hall–Kier alpha value is -1.36. The quantitative estimate of drug-likeness (QED) is 0.612. The van der Waals surface area contributed by atoms with Crippen molar-refractivity contribution >= 4 is 5.91 Å². The van der Waals surface area contributed by atoms with Crippen LogP contribution >= 0.6 is 0 Å². The van der Waals surface area contributed by atoms with E-state index in [0.29, 0.717) is 6.54 Å².